The molecule has 112 valence electrons. The van der Waals surface area contributed by atoms with Gasteiger partial charge in [0.1, 0.15) is 0 Å². The van der Waals surface area contributed by atoms with Gasteiger partial charge in [0, 0.05) is 18.7 Å². The predicted octanol–water partition coefficient (Wildman–Crippen LogP) is 1.55. The molecule has 0 aliphatic carbocycles. The van der Waals surface area contributed by atoms with E-state index in [1.807, 2.05) is 13.8 Å². The van der Waals surface area contributed by atoms with Crippen LogP contribution in [0.25, 0.3) is 0 Å². The summed E-state index contributed by atoms with van der Waals surface area (Å²) in [7, 11) is 0. The molecular formula is C14H24N4O2. The minimum absolute atomic E-state index is 0.0724. The summed E-state index contributed by atoms with van der Waals surface area (Å²) in [6.45, 7) is 5.96. The second kappa shape index (κ2) is 6.85. The molecule has 1 aromatic rings. The number of anilines is 1. The number of likely N-dealkylation sites (tertiary alicyclic amines) is 1. The lowest BCUT2D eigenvalue weighted by Crippen LogP contribution is -2.47. The van der Waals surface area contributed by atoms with Gasteiger partial charge in [-0.2, -0.15) is 0 Å². The van der Waals surface area contributed by atoms with E-state index in [9.17, 15) is 4.79 Å². The lowest BCUT2D eigenvalue weighted by molar-refractivity contribution is -0.118. The van der Waals surface area contributed by atoms with Crippen LogP contribution in [0.3, 0.4) is 0 Å². The van der Waals surface area contributed by atoms with Crippen LogP contribution in [-0.4, -0.2) is 41.6 Å². The molecule has 1 saturated heterocycles. The summed E-state index contributed by atoms with van der Waals surface area (Å²) in [4.78, 5) is 14.2. The molecule has 1 aliphatic heterocycles. The van der Waals surface area contributed by atoms with Gasteiger partial charge >= 0.3 is 0 Å². The van der Waals surface area contributed by atoms with Gasteiger partial charge in [-0.3, -0.25) is 15.0 Å². The Bertz CT molecular complexity index is 444. The van der Waals surface area contributed by atoms with Crippen LogP contribution < -0.4 is 11.1 Å². The molecule has 1 amide bonds. The van der Waals surface area contributed by atoms with Crippen LogP contribution in [0.5, 0.6) is 0 Å². The molecule has 1 atom stereocenters. The zero-order valence-electron chi connectivity index (χ0n) is 12.3. The maximum atomic E-state index is 12.0. The molecule has 0 saturated carbocycles. The molecule has 20 heavy (non-hydrogen) atoms. The number of aromatic nitrogens is 1. The summed E-state index contributed by atoms with van der Waals surface area (Å²) in [6, 6.07) is 2.09. The van der Waals surface area contributed by atoms with Crippen molar-refractivity contribution >= 4 is 11.8 Å². The van der Waals surface area contributed by atoms with Gasteiger partial charge in [0.25, 0.3) is 0 Å². The first-order valence-electron chi connectivity index (χ1n) is 7.30. The fraction of sp³-hybridized carbons (Fsp3) is 0.714. The number of hydrogen-bond acceptors (Lipinski definition) is 5. The van der Waals surface area contributed by atoms with E-state index in [4.69, 9.17) is 10.3 Å². The Morgan fingerprint density at radius 1 is 1.60 bits per heavy atom. The van der Waals surface area contributed by atoms with Crippen molar-refractivity contribution in [1.29, 1.82) is 0 Å². The minimum Gasteiger partial charge on any atom is -0.338 e. The van der Waals surface area contributed by atoms with E-state index in [2.05, 4.69) is 15.4 Å². The first-order chi connectivity index (χ1) is 9.60. The minimum atomic E-state index is -0.0724. The Kier molecular flexibility index (Phi) is 5.14. The maximum Gasteiger partial charge on any atom is 0.240 e. The maximum absolute atomic E-state index is 12.0. The molecule has 1 fully saturated rings. The number of nitrogens with one attached hydrogen (secondary N) is 1. The third-order valence-corrected chi connectivity index (χ3v) is 3.75. The first-order valence-corrected chi connectivity index (χ1v) is 7.30. The fourth-order valence-electron chi connectivity index (χ4n) is 2.52. The molecule has 3 N–H and O–H groups in total. The largest absolute Gasteiger partial charge is 0.338 e. The molecule has 6 nitrogen and oxygen atoms in total. The van der Waals surface area contributed by atoms with Crippen molar-refractivity contribution in [2.24, 2.45) is 5.73 Å². The Balaban J connectivity index is 1.87. The second-order valence-corrected chi connectivity index (χ2v) is 5.67. The standard InChI is InChI=1S/C14H24N4O2/c1-10(2)12-7-14(20-17-12)16-13(19)9-18-6-4-3-5-11(18)8-15/h7,10-11H,3-6,8-9,15H2,1-2H3,(H,16,19). The third kappa shape index (κ3) is 3.80. The van der Waals surface area contributed by atoms with E-state index in [1.165, 1.54) is 6.42 Å². The van der Waals surface area contributed by atoms with E-state index < -0.39 is 0 Å². The average molecular weight is 280 g/mol. The van der Waals surface area contributed by atoms with Gasteiger partial charge < -0.3 is 10.3 Å². The summed E-state index contributed by atoms with van der Waals surface area (Å²) < 4.78 is 5.11. The van der Waals surface area contributed by atoms with Crippen LogP contribution >= 0.6 is 0 Å². The quantitative estimate of drug-likeness (QED) is 0.855. The summed E-state index contributed by atoms with van der Waals surface area (Å²) >= 11 is 0. The third-order valence-electron chi connectivity index (χ3n) is 3.75. The SMILES string of the molecule is CC(C)c1cc(NC(=O)CN2CCCCC2CN)on1. The molecule has 0 aromatic carbocycles. The van der Waals surface area contributed by atoms with E-state index in [0.717, 1.165) is 25.1 Å². The van der Waals surface area contributed by atoms with E-state index in [0.29, 0.717) is 25.0 Å². The van der Waals surface area contributed by atoms with Crippen LogP contribution in [0.15, 0.2) is 10.6 Å². The van der Waals surface area contributed by atoms with Crippen LogP contribution in [0.2, 0.25) is 0 Å². The van der Waals surface area contributed by atoms with Gasteiger partial charge in [-0.25, -0.2) is 0 Å². The smallest absolute Gasteiger partial charge is 0.240 e. The number of hydrogen-bond donors (Lipinski definition) is 2. The molecule has 1 aromatic heterocycles. The average Bonchev–Trinajstić information content (AvgIpc) is 2.88. The highest BCUT2D eigenvalue weighted by Gasteiger charge is 2.23. The van der Waals surface area contributed by atoms with E-state index in [-0.39, 0.29) is 11.8 Å². The molecule has 6 heteroatoms. The Hall–Kier alpha value is -1.40. The van der Waals surface area contributed by atoms with Crippen LogP contribution in [0.4, 0.5) is 5.88 Å². The van der Waals surface area contributed by atoms with Crippen molar-refractivity contribution in [2.75, 3.05) is 25.0 Å². The summed E-state index contributed by atoms with van der Waals surface area (Å²) in [5, 5.41) is 6.68. The lowest BCUT2D eigenvalue weighted by atomic mass is 10.0. The number of carbonyl (C=O) groups excluding carboxylic acids is 1. The zero-order valence-corrected chi connectivity index (χ0v) is 12.3. The number of carbonyl (C=O) groups is 1. The van der Waals surface area contributed by atoms with Crippen molar-refractivity contribution in [2.45, 2.75) is 45.1 Å². The second-order valence-electron chi connectivity index (χ2n) is 5.67. The summed E-state index contributed by atoms with van der Waals surface area (Å²) in [5.41, 5.74) is 6.60. The van der Waals surface area contributed by atoms with Gasteiger partial charge in [0.2, 0.25) is 11.8 Å². The monoisotopic (exact) mass is 280 g/mol. The van der Waals surface area contributed by atoms with Crippen LogP contribution in [-0.2, 0) is 4.79 Å². The van der Waals surface area contributed by atoms with Crippen molar-refractivity contribution in [1.82, 2.24) is 10.1 Å². The van der Waals surface area contributed by atoms with E-state index in [1.54, 1.807) is 6.07 Å². The van der Waals surface area contributed by atoms with Gasteiger partial charge in [-0.15, -0.1) is 0 Å². The fourth-order valence-corrected chi connectivity index (χ4v) is 2.52. The van der Waals surface area contributed by atoms with E-state index >= 15 is 0 Å². The van der Waals surface area contributed by atoms with Gasteiger partial charge in [-0.05, 0) is 25.3 Å². The molecule has 1 aliphatic rings. The zero-order chi connectivity index (χ0) is 14.5. The molecule has 1 unspecified atom stereocenters. The van der Waals surface area contributed by atoms with Gasteiger partial charge in [-0.1, -0.05) is 25.4 Å². The topological polar surface area (TPSA) is 84.4 Å². The molecule has 2 heterocycles. The molecule has 0 radical (unpaired) electrons. The molecule has 2 rings (SSSR count). The Morgan fingerprint density at radius 2 is 2.40 bits per heavy atom. The van der Waals surface area contributed by atoms with Gasteiger partial charge in [0.15, 0.2) is 0 Å². The number of nitrogens with two attached hydrogens (primary N) is 1. The first kappa shape index (κ1) is 15.0. The highest BCUT2D eigenvalue weighted by Crippen LogP contribution is 2.18. The molecular weight excluding hydrogens is 256 g/mol. The highest BCUT2D eigenvalue weighted by atomic mass is 16.5. The van der Waals surface area contributed by atoms with Crippen molar-refractivity contribution < 1.29 is 9.32 Å². The predicted molar refractivity (Wildman–Crippen MR) is 77.5 cm³/mol. The van der Waals surface area contributed by atoms with Crippen LogP contribution in [0, 0.1) is 0 Å². The summed E-state index contributed by atoms with van der Waals surface area (Å²) in [6.07, 6.45) is 3.40. The number of rotatable bonds is 5. The number of amides is 1. The number of nitrogens with zero attached hydrogens (tertiary/aromatic N) is 2. The van der Waals surface area contributed by atoms with Crippen LogP contribution in [0.1, 0.15) is 44.7 Å². The lowest BCUT2D eigenvalue weighted by Gasteiger charge is -2.34. The van der Waals surface area contributed by atoms with Crippen molar-refractivity contribution in [3.63, 3.8) is 0 Å². The van der Waals surface area contributed by atoms with Crippen molar-refractivity contribution in [3.8, 4) is 0 Å². The Labute approximate surface area is 119 Å². The highest BCUT2D eigenvalue weighted by molar-refractivity contribution is 5.91. The molecule has 0 spiro atoms. The molecule has 0 bridgehead atoms. The Morgan fingerprint density at radius 3 is 3.05 bits per heavy atom. The summed E-state index contributed by atoms with van der Waals surface area (Å²) in [5.74, 6) is 0.630. The van der Waals surface area contributed by atoms with Crippen molar-refractivity contribution in [3.05, 3.63) is 11.8 Å². The van der Waals surface area contributed by atoms with Gasteiger partial charge in [0.05, 0.1) is 12.2 Å². The normalized spacial score (nSPS) is 20.3. The number of piperidine rings is 1.